The van der Waals surface area contributed by atoms with Crippen LogP contribution in [0.1, 0.15) is 5.82 Å². The van der Waals surface area contributed by atoms with E-state index in [-0.39, 0.29) is 5.75 Å². The number of rotatable bonds is 2. The molecule has 0 radical (unpaired) electrons. The molecule has 4 nitrogen and oxygen atoms in total. The van der Waals surface area contributed by atoms with E-state index in [0.717, 1.165) is 11.1 Å². The number of nitrogens with two attached hydrogens (primary N) is 1. The van der Waals surface area contributed by atoms with Crippen molar-refractivity contribution in [1.82, 2.24) is 9.97 Å². The zero-order chi connectivity index (χ0) is 10.7. The van der Waals surface area contributed by atoms with Gasteiger partial charge in [-0.15, -0.1) is 0 Å². The Labute approximate surface area is 87.4 Å². The third-order valence-corrected chi connectivity index (χ3v) is 2.10. The van der Waals surface area contributed by atoms with E-state index in [4.69, 9.17) is 5.73 Å². The Hall–Kier alpha value is -1.94. The third kappa shape index (κ3) is 1.94. The molecule has 0 aliphatic carbocycles. The largest absolute Gasteiger partial charge is 0.507 e. The molecule has 0 aliphatic heterocycles. The first-order valence-electron chi connectivity index (χ1n) is 4.60. The number of phenols is 1. The van der Waals surface area contributed by atoms with Crippen molar-refractivity contribution in [1.29, 1.82) is 0 Å². The highest BCUT2D eigenvalue weighted by Gasteiger charge is 2.03. The molecule has 0 saturated heterocycles. The van der Waals surface area contributed by atoms with Gasteiger partial charge in [-0.2, -0.15) is 0 Å². The molecular weight excluding hydrogens is 190 g/mol. The molecule has 1 aromatic heterocycles. The van der Waals surface area contributed by atoms with E-state index in [2.05, 4.69) is 9.97 Å². The van der Waals surface area contributed by atoms with Crippen molar-refractivity contribution in [3.05, 3.63) is 42.5 Å². The van der Waals surface area contributed by atoms with Crippen molar-refractivity contribution < 1.29 is 5.11 Å². The van der Waals surface area contributed by atoms with Crippen LogP contribution in [-0.4, -0.2) is 15.1 Å². The van der Waals surface area contributed by atoms with Gasteiger partial charge in [0.2, 0.25) is 0 Å². The van der Waals surface area contributed by atoms with E-state index in [1.165, 1.54) is 0 Å². The van der Waals surface area contributed by atoms with Crippen molar-refractivity contribution in [3.8, 4) is 16.9 Å². The maximum atomic E-state index is 9.61. The molecule has 0 unspecified atom stereocenters. The van der Waals surface area contributed by atoms with Crippen molar-refractivity contribution in [2.75, 3.05) is 0 Å². The second kappa shape index (κ2) is 4.06. The van der Waals surface area contributed by atoms with E-state index < -0.39 is 0 Å². The van der Waals surface area contributed by atoms with Crippen LogP contribution in [0.5, 0.6) is 5.75 Å². The van der Waals surface area contributed by atoms with Crippen molar-refractivity contribution >= 4 is 0 Å². The average molecular weight is 201 g/mol. The van der Waals surface area contributed by atoms with Crippen molar-refractivity contribution in [2.24, 2.45) is 5.73 Å². The number of hydrogen-bond acceptors (Lipinski definition) is 4. The Morgan fingerprint density at radius 1 is 1.13 bits per heavy atom. The van der Waals surface area contributed by atoms with E-state index in [9.17, 15) is 5.11 Å². The van der Waals surface area contributed by atoms with Gasteiger partial charge in [-0.05, 0) is 6.07 Å². The Morgan fingerprint density at radius 2 is 1.80 bits per heavy atom. The molecule has 2 aromatic rings. The lowest BCUT2D eigenvalue weighted by molar-refractivity contribution is 0.477. The van der Waals surface area contributed by atoms with Gasteiger partial charge >= 0.3 is 0 Å². The van der Waals surface area contributed by atoms with Crippen LogP contribution in [0.15, 0.2) is 36.7 Å². The third-order valence-electron chi connectivity index (χ3n) is 2.10. The van der Waals surface area contributed by atoms with Gasteiger partial charge in [-0.1, -0.05) is 18.2 Å². The zero-order valence-corrected chi connectivity index (χ0v) is 8.09. The van der Waals surface area contributed by atoms with Crippen molar-refractivity contribution in [2.45, 2.75) is 6.54 Å². The summed E-state index contributed by atoms with van der Waals surface area (Å²) in [5.74, 6) is 0.816. The molecule has 0 atom stereocenters. The van der Waals surface area contributed by atoms with E-state index in [1.807, 2.05) is 12.1 Å². The van der Waals surface area contributed by atoms with Crippen LogP contribution in [0.25, 0.3) is 11.1 Å². The highest BCUT2D eigenvalue weighted by molar-refractivity contribution is 5.68. The monoisotopic (exact) mass is 201 g/mol. The van der Waals surface area contributed by atoms with Crippen LogP contribution in [0, 0.1) is 0 Å². The van der Waals surface area contributed by atoms with Gasteiger partial charge in [-0.3, -0.25) is 0 Å². The van der Waals surface area contributed by atoms with Gasteiger partial charge in [0.15, 0.2) is 0 Å². The lowest BCUT2D eigenvalue weighted by Crippen LogP contribution is -2.02. The molecular formula is C11H11N3O. The summed E-state index contributed by atoms with van der Waals surface area (Å²) in [4.78, 5) is 8.13. The summed E-state index contributed by atoms with van der Waals surface area (Å²) in [5.41, 5.74) is 6.90. The molecule has 2 rings (SSSR count). The van der Waals surface area contributed by atoms with Crippen LogP contribution < -0.4 is 5.73 Å². The van der Waals surface area contributed by atoms with Gasteiger partial charge in [0, 0.05) is 23.5 Å². The van der Waals surface area contributed by atoms with Crippen LogP contribution in [0.4, 0.5) is 0 Å². The summed E-state index contributed by atoms with van der Waals surface area (Å²) < 4.78 is 0. The summed E-state index contributed by atoms with van der Waals surface area (Å²) in [6, 6.07) is 7.07. The standard InChI is InChI=1S/C11H11N3O/c12-5-11-13-6-8(7-14-11)9-3-1-2-4-10(9)15/h1-4,6-7,15H,5,12H2. The molecule has 0 saturated carbocycles. The zero-order valence-electron chi connectivity index (χ0n) is 8.09. The van der Waals surface area contributed by atoms with E-state index >= 15 is 0 Å². The van der Waals surface area contributed by atoms with E-state index in [0.29, 0.717) is 12.4 Å². The second-order valence-corrected chi connectivity index (χ2v) is 3.11. The Morgan fingerprint density at radius 3 is 2.40 bits per heavy atom. The predicted molar refractivity (Wildman–Crippen MR) is 57.0 cm³/mol. The average Bonchev–Trinajstić information content (AvgIpc) is 2.30. The maximum absolute atomic E-state index is 9.61. The second-order valence-electron chi connectivity index (χ2n) is 3.11. The van der Waals surface area contributed by atoms with Crippen LogP contribution in [0.3, 0.4) is 0 Å². The fourth-order valence-corrected chi connectivity index (χ4v) is 1.32. The first kappa shape index (κ1) is 9.61. The lowest BCUT2D eigenvalue weighted by Gasteiger charge is -2.03. The minimum absolute atomic E-state index is 0.224. The summed E-state index contributed by atoms with van der Waals surface area (Å²) >= 11 is 0. The SMILES string of the molecule is NCc1ncc(-c2ccccc2O)cn1. The molecule has 76 valence electrons. The minimum atomic E-state index is 0.224. The Balaban J connectivity index is 2.42. The van der Waals surface area contributed by atoms with Crippen molar-refractivity contribution in [3.63, 3.8) is 0 Å². The Bertz CT molecular complexity index is 454. The number of nitrogens with zero attached hydrogens (tertiary/aromatic N) is 2. The van der Waals surface area contributed by atoms with Crippen LogP contribution in [-0.2, 0) is 6.54 Å². The summed E-state index contributed by atoms with van der Waals surface area (Å²) in [5, 5.41) is 9.61. The molecule has 0 fully saturated rings. The number of phenolic OH excluding ortho intramolecular Hbond substituents is 1. The summed E-state index contributed by atoms with van der Waals surface area (Å²) in [6.45, 7) is 0.320. The minimum Gasteiger partial charge on any atom is -0.507 e. The molecule has 4 heteroatoms. The molecule has 1 heterocycles. The predicted octanol–water partition coefficient (Wildman–Crippen LogP) is 1.31. The summed E-state index contributed by atoms with van der Waals surface area (Å²) in [6.07, 6.45) is 3.31. The molecule has 0 bridgehead atoms. The van der Waals surface area contributed by atoms with E-state index in [1.54, 1.807) is 24.5 Å². The number of aromatic hydroxyl groups is 1. The highest BCUT2D eigenvalue weighted by Crippen LogP contribution is 2.27. The highest BCUT2D eigenvalue weighted by atomic mass is 16.3. The smallest absolute Gasteiger partial charge is 0.141 e. The number of aromatic nitrogens is 2. The number of hydrogen-bond donors (Lipinski definition) is 2. The van der Waals surface area contributed by atoms with Gasteiger partial charge in [0.1, 0.15) is 11.6 Å². The quantitative estimate of drug-likeness (QED) is 0.768. The molecule has 3 N–H and O–H groups in total. The van der Waals surface area contributed by atoms with Gasteiger partial charge in [-0.25, -0.2) is 9.97 Å². The maximum Gasteiger partial charge on any atom is 0.141 e. The molecule has 0 aliphatic rings. The van der Waals surface area contributed by atoms with Crippen LogP contribution in [0.2, 0.25) is 0 Å². The summed E-state index contributed by atoms with van der Waals surface area (Å²) in [7, 11) is 0. The lowest BCUT2D eigenvalue weighted by atomic mass is 10.1. The normalized spacial score (nSPS) is 10.2. The molecule has 1 aromatic carbocycles. The van der Waals surface area contributed by atoms with Gasteiger partial charge in [0.05, 0.1) is 6.54 Å². The van der Waals surface area contributed by atoms with Gasteiger partial charge in [0.25, 0.3) is 0 Å². The number of para-hydroxylation sites is 1. The molecule has 0 amide bonds. The molecule has 0 spiro atoms. The topological polar surface area (TPSA) is 72.0 Å². The fourth-order valence-electron chi connectivity index (χ4n) is 1.32. The Kier molecular flexibility index (Phi) is 2.60. The van der Waals surface area contributed by atoms with Crippen LogP contribution >= 0.6 is 0 Å². The fraction of sp³-hybridized carbons (Fsp3) is 0.0909. The first-order chi connectivity index (χ1) is 7.31. The van der Waals surface area contributed by atoms with Gasteiger partial charge < -0.3 is 10.8 Å². The number of benzene rings is 1. The first-order valence-corrected chi connectivity index (χ1v) is 4.60. The molecule has 15 heavy (non-hydrogen) atoms.